The van der Waals surface area contributed by atoms with Gasteiger partial charge in [0.1, 0.15) is 6.54 Å². The van der Waals surface area contributed by atoms with E-state index in [4.69, 9.17) is 0 Å². The lowest BCUT2D eigenvalue weighted by Crippen LogP contribution is -2.13. The van der Waals surface area contributed by atoms with Crippen LogP contribution in [0.4, 0.5) is 5.69 Å². The summed E-state index contributed by atoms with van der Waals surface area (Å²) in [5.74, 6) is -0.124. The summed E-state index contributed by atoms with van der Waals surface area (Å²) < 4.78 is 0. The quantitative estimate of drug-likeness (QED) is 0.747. The van der Waals surface area contributed by atoms with E-state index in [0.717, 1.165) is 44.8 Å². The zero-order valence-electron chi connectivity index (χ0n) is 15.1. The molecule has 0 saturated heterocycles. The highest BCUT2D eigenvalue weighted by atomic mass is 16.3. The summed E-state index contributed by atoms with van der Waals surface area (Å²) in [4.78, 5) is 16.6. The van der Waals surface area contributed by atoms with Crippen molar-refractivity contribution in [1.82, 2.24) is 0 Å². The number of aliphatic imine (C=N–C) groups is 1. The fourth-order valence-electron chi connectivity index (χ4n) is 3.38. The molecule has 1 heterocycles. The molecule has 4 nitrogen and oxygen atoms in total. The molecule has 0 aromatic heterocycles. The Morgan fingerprint density at radius 1 is 0.963 bits per heavy atom. The molecule has 0 bridgehead atoms. The Morgan fingerprint density at radius 2 is 1.78 bits per heavy atom. The van der Waals surface area contributed by atoms with E-state index in [9.17, 15) is 9.90 Å². The number of benzodiazepines with no additional fused rings is 1. The van der Waals surface area contributed by atoms with Gasteiger partial charge in [-0.1, -0.05) is 60.2 Å². The molecule has 0 atom stereocenters. The van der Waals surface area contributed by atoms with E-state index in [1.54, 1.807) is 0 Å². The van der Waals surface area contributed by atoms with Crippen molar-refractivity contribution in [3.05, 3.63) is 89.0 Å². The largest absolute Gasteiger partial charge is 0.392 e. The Kier molecular flexibility index (Phi) is 4.57. The van der Waals surface area contributed by atoms with Crippen molar-refractivity contribution in [3.63, 3.8) is 0 Å². The molecule has 1 amide bonds. The second-order valence-electron chi connectivity index (χ2n) is 6.66. The number of nitrogens with zero attached hydrogens (tertiary/aromatic N) is 1. The predicted octanol–water partition coefficient (Wildman–Crippen LogP) is 3.94. The van der Waals surface area contributed by atoms with Crippen LogP contribution < -0.4 is 5.32 Å². The summed E-state index contributed by atoms with van der Waals surface area (Å²) in [5, 5.41) is 12.7. The highest BCUT2D eigenvalue weighted by molar-refractivity contribution is 6.19. The highest BCUT2D eigenvalue weighted by Crippen LogP contribution is 2.31. The molecule has 4 rings (SSSR count). The van der Waals surface area contributed by atoms with Gasteiger partial charge in [0, 0.05) is 11.1 Å². The summed E-state index contributed by atoms with van der Waals surface area (Å²) >= 11 is 0. The lowest BCUT2D eigenvalue weighted by molar-refractivity contribution is -0.114. The van der Waals surface area contributed by atoms with Gasteiger partial charge in [0.2, 0.25) is 5.91 Å². The van der Waals surface area contributed by atoms with Crippen molar-refractivity contribution in [1.29, 1.82) is 0 Å². The maximum Gasteiger partial charge on any atom is 0.246 e. The highest BCUT2D eigenvalue weighted by Gasteiger charge is 2.19. The average Bonchev–Trinajstić information content (AvgIpc) is 2.86. The number of aryl methyl sites for hydroxylation is 1. The van der Waals surface area contributed by atoms with Crippen molar-refractivity contribution in [2.75, 3.05) is 11.9 Å². The first-order valence-corrected chi connectivity index (χ1v) is 8.90. The molecule has 0 fully saturated rings. The van der Waals surface area contributed by atoms with Gasteiger partial charge in [0.15, 0.2) is 0 Å². The minimum Gasteiger partial charge on any atom is -0.392 e. The van der Waals surface area contributed by atoms with Gasteiger partial charge in [-0.3, -0.25) is 9.79 Å². The van der Waals surface area contributed by atoms with Crippen molar-refractivity contribution in [2.24, 2.45) is 4.99 Å². The molecule has 3 aromatic carbocycles. The molecular weight excluding hydrogens is 336 g/mol. The maximum atomic E-state index is 12.1. The monoisotopic (exact) mass is 356 g/mol. The number of carbonyl (C=O) groups excluding carboxylic acids is 1. The third-order valence-electron chi connectivity index (χ3n) is 4.72. The van der Waals surface area contributed by atoms with Crippen LogP contribution in [0.3, 0.4) is 0 Å². The molecule has 0 aliphatic carbocycles. The van der Waals surface area contributed by atoms with E-state index in [2.05, 4.69) is 16.4 Å². The van der Waals surface area contributed by atoms with Crippen LogP contribution in [0.2, 0.25) is 0 Å². The molecule has 4 heteroatoms. The number of amides is 1. The Hall–Kier alpha value is -3.24. The van der Waals surface area contributed by atoms with Gasteiger partial charge in [-0.05, 0) is 35.7 Å². The van der Waals surface area contributed by atoms with Crippen LogP contribution in [-0.2, 0) is 11.4 Å². The second kappa shape index (κ2) is 7.17. The first-order chi connectivity index (χ1) is 13.2. The van der Waals surface area contributed by atoms with Crippen LogP contribution in [0.15, 0.2) is 71.7 Å². The third-order valence-corrected chi connectivity index (χ3v) is 4.72. The molecule has 0 unspecified atom stereocenters. The van der Waals surface area contributed by atoms with Crippen LogP contribution in [0.5, 0.6) is 0 Å². The SMILES string of the molecule is Cc1ccc(CO)c(-c2ccc3c(c2)C(c2ccccc2)=NCC(=O)N3)c1. The number of aliphatic hydroxyl groups excluding tert-OH is 1. The third kappa shape index (κ3) is 3.39. The molecule has 27 heavy (non-hydrogen) atoms. The molecule has 0 saturated carbocycles. The topological polar surface area (TPSA) is 61.7 Å². The average molecular weight is 356 g/mol. The maximum absolute atomic E-state index is 12.1. The van der Waals surface area contributed by atoms with Crippen LogP contribution in [0, 0.1) is 6.92 Å². The number of carbonyl (C=O) groups is 1. The van der Waals surface area contributed by atoms with Crippen LogP contribution >= 0.6 is 0 Å². The van der Waals surface area contributed by atoms with Crippen molar-refractivity contribution in [2.45, 2.75) is 13.5 Å². The van der Waals surface area contributed by atoms with Gasteiger partial charge in [-0.15, -0.1) is 0 Å². The molecule has 1 aliphatic rings. The summed E-state index contributed by atoms with van der Waals surface area (Å²) in [5.41, 5.74) is 7.38. The minimum atomic E-state index is -0.124. The molecule has 2 N–H and O–H groups in total. The van der Waals surface area contributed by atoms with Gasteiger partial charge in [0.05, 0.1) is 18.0 Å². The Bertz CT molecular complexity index is 1040. The minimum absolute atomic E-state index is 0.0247. The summed E-state index contributed by atoms with van der Waals surface area (Å²) in [6.07, 6.45) is 0. The molecule has 3 aromatic rings. The lowest BCUT2D eigenvalue weighted by atomic mass is 9.93. The number of benzene rings is 3. The fraction of sp³-hybridized carbons (Fsp3) is 0.130. The van der Waals surface area contributed by atoms with Gasteiger partial charge in [-0.25, -0.2) is 0 Å². The van der Waals surface area contributed by atoms with Crippen LogP contribution in [0.25, 0.3) is 11.1 Å². The first-order valence-electron chi connectivity index (χ1n) is 8.90. The fourth-order valence-corrected chi connectivity index (χ4v) is 3.38. The molecule has 0 radical (unpaired) electrons. The van der Waals surface area contributed by atoms with Crippen molar-refractivity contribution >= 4 is 17.3 Å². The smallest absolute Gasteiger partial charge is 0.246 e. The standard InChI is InChI=1S/C23H20N2O2/c1-15-7-8-18(14-26)19(11-15)17-9-10-21-20(12-17)23(24-13-22(27)25-21)16-5-3-2-4-6-16/h2-12,26H,13-14H2,1H3,(H,25,27). The predicted molar refractivity (Wildman–Crippen MR) is 108 cm³/mol. The van der Waals surface area contributed by atoms with E-state index in [-0.39, 0.29) is 19.1 Å². The van der Waals surface area contributed by atoms with Crippen molar-refractivity contribution in [3.8, 4) is 11.1 Å². The van der Waals surface area contributed by atoms with Gasteiger partial charge in [-0.2, -0.15) is 0 Å². The second-order valence-corrected chi connectivity index (χ2v) is 6.66. The van der Waals surface area contributed by atoms with E-state index >= 15 is 0 Å². The van der Waals surface area contributed by atoms with Gasteiger partial charge < -0.3 is 10.4 Å². The van der Waals surface area contributed by atoms with Crippen LogP contribution in [0.1, 0.15) is 22.3 Å². The zero-order chi connectivity index (χ0) is 18.8. The van der Waals surface area contributed by atoms with Crippen molar-refractivity contribution < 1.29 is 9.90 Å². The molecular formula is C23H20N2O2. The number of hydrogen-bond donors (Lipinski definition) is 2. The zero-order valence-corrected chi connectivity index (χ0v) is 15.1. The molecule has 0 spiro atoms. The summed E-state index contributed by atoms with van der Waals surface area (Å²) in [6.45, 7) is 2.11. The molecule has 1 aliphatic heterocycles. The Labute approximate surface area is 158 Å². The van der Waals surface area contributed by atoms with E-state index < -0.39 is 0 Å². The Morgan fingerprint density at radius 3 is 2.56 bits per heavy atom. The van der Waals surface area contributed by atoms with E-state index in [1.165, 1.54) is 0 Å². The van der Waals surface area contributed by atoms with E-state index in [0.29, 0.717) is 0 Å². The number of anilines is 1. The lowest BCUT2D eigenvalue weighted by Gasteiger charge is -2.14. The number of rotatable bonds is 3. The number of fused-ring (bicyclic) bond motifs is 1. The number of aliphatic hydroxyl groups is 1. The van der Waals surface area contributed by atoms with Crippen LogP contribution in [-0.4, -0.2) is 23.3 Å². The van der Waals surface area contributed by atoms with Gasteiger partial charge >= 0.3 is 0 Å². The summed E-state index contributed by atoms with van der Waals surface area (Å²) in [7, 11) is 0. The summed E-state index contributed by atoms with van der Waals surface area (Å²) in [6, 6.07) is 21.8. The number of nitrogens with one attached hydrogen (secondary N) is 1. The van der Waals surface area contributed by atoms with E-state index in [1.807, 2.05) is 67.6 Å². The molecule has 134 valence electrons. The first kappa shape index (κ1) is 17.2. The normalized spacial score (nSPS) is 13.4. The number of hydrogen-bond acceptors (Lipinski definition) is 3. The van der Waals surface area contributed by atoms with Gasteiger partial charge in [0.25, 0.3) is 0 Å². The Balaban J connectivity index is 1.90.